The van der Waals surface area contributed by atoms with Gasteiger partial charge in [0.15, 0.2) is 0 Å². The Morgan fingerprint density at radius 1 is 1.40 bits per heavy atom. The zero-order chi connectivity index (χ0) is 11.4. The van der Waals surface area contributed by atoms with E-state index < -0.39 is 4.92 Å². The van der Waals surface area contributed by atoms with Crippen LogP contribution in [-0.4, -0.2) is 18.0 Å². The quantitative estimate of drug-likeness (QED) is 0.588. The number of rotatable bonds is 4. The second kappa shape index (κ2) is 4.98. The normalized spacial score (nSPS) is 10.1. The molecule has 5 heteroatoms. The van der Waals surface area contributed by atoms with Gasteiger partial charge in [-0.2, -0.15) is 0 Å². The molecule has 1 aromatic rings. The van der Waals surface area contributed by atoms with Gasteiger partial charge in [0.2, 0.25) is 0 Å². The van der Waals surface area contributed by atoms with Crippen LogP contribution in [0, 0.1) is 10.1 Å². The van der Waals surface area contributed by atoms with E-state index in [-0.39, 0.29) is 5.69 Å². The molecule has 0 aliphatic heterocycles. The highest BCUT2D eigenvalue weighted by Gasteiger charge is 2.20. The fourth-order valence-electron chi connectivity index (χ4n) is 1.50. The van der Waals surface area contributed by atoms with Crippen molar-refractivity contribution in [3.63, 3.8) is 0 Å². The Kier molecular flexibility index (Phi) is 3.91. The molecule has 0 aromatic heterocycles. The van der Waals surface area contributed by atoms with Gasteiger partial charge < -0.3 is 4.90 Å². The summed E-state index contributed by atoms with van der Waals surface area (Å²) in [6.45, 7) is 5.27. The molecule has 0 N–H and O–H groups in total. The van der Waals surface area contributed by atoms with Crippen LogP contribution in [-0.2, 0) is 0 Å². The monoisotopic (exact) mass is 228 g/mol. The SMILES string of the molecule is CCN(CC)c1c(Cl)cccc1[N+](=O)[O-]. The van der Waals surface area contributed by atoms with Gasteiger partial charge in [-0.05, 0) is 19.9 Å². The molecule has 0 aliphatic carbocycles. The van der Waals surface area contributed by atoms with Gasteiger partial charge in [0.05, 0.1) is 9.95 Å². The number of halogens is 1. The molecule has 0 saturated carbocycles. The van der Waals surface area contributed by atoms with Gasteiger partial charge >= 0.3 is 0 Å². The van der Waals surface area contributed by atoms with E-state index >= 15 is 0 Å². The van der Waals surface area contributed by atoms with Crippen LogP contribution < -0.4 is 4.90 Å². The summed E-state index contributed by atoms with van der Waals surface area (Å²) in [5.41, 5.74) is 0.570. The van der Waals surface area contributed by atoms with E-state index in [0.717, 1.165) is 0 Å². The Balaban J connectivity index is 3.29. The molecule has 4 nitrogen and oxygen atoms in total. The van der Waals surface area contributed by atoms with Crippen LogP contribution in [0.25, 0.3) is 0 Å². The van der Waals surface area contributed by atoms with Crippen LogP contribution in [0.15, 0.2) is 18.2 Å². The molecular formula is C10H13ClN2O2. The highest BCUT2D eigenvalue weighted by atomic mass is 35.5. The molecule has 0 saturated heterocycles. The number of nitrogens with zero attached hydrogens (tertiary/aromatic N) is 2. The number of benzene rings is 1. The first kappa shape index (κ1) is 11.8. The zero-order valence-electron chi connectivity index (χ0n) is 8.74. The minimum Gasteiger partial charge on any atom is -0.365 e. The Bertz CT molecular complexity index is 364. The van der Waals surface area contributed by atoms with Crippen LogP contribution in [0.2, 0.25) is 5.02 Å². The van der Waals surface area contributed by atoms with E-state index in [1.54, 1.807) is 12.1 Å². The van der Waals surface area contributed by atoms with E-state index in [1.165, 1.54) is 6.07 Å². The van der Waals surface area contributed by atoms with Crippen LogP contribution in [0.3, 0.4) is 0 Å². The van der Waals surface area contributed by atoms with Crippen molar-refractivity contribution in [2.24, 2.45) is 0 Å². The smallest absolute Gasteiger partial charge is 0.294 e. The lowest BCUT2D eigenvalue weighted by Gasteiger charge is -2.21. The van der Waals surface area contributed by atoms with Gasteiger partial charge in [-0.15, -0.1) is 0 Å². The summed E-state index contributed by atoms with van der Waals surface area (Å²) in [6.07, 6.45) is 0. The molecular weight excluding hydrogens is 216 g/mol. The number of anilines is 1. The number of hydrogen-bond donors (Lipinski definition) is 0. The third-order valence-electron chi connectivity index (χ3n) is 2.24. The fraction of sp³-hybridized carbons (Fsp3) is 0.400. The second-order valence-corrected chi connectivity index (χ2v) is 3.44. The van der Waals surface area contributed by atoms with Gasteiger partial charge in [-0.25, -0.2) is 0 Å². The maximum Gasteiger partial charge on any atom is 0.294 e. The minimum absolute atomic E-state index is 0.0613. The Morgan fingerprint density at radius 2 is 2.00 bits per heavy atom. The summed E-state index contributed by atoms with van der Waals surface area (Å²) in [5.74, 6) is 0. The highest BCUT2D eigenvalue weighted by molar-refractivity contribution is 6.33. The first-order valence-electron chi connectivity index (χ1n) is 4.79. The van der Waals surface area contributed by atoms with Crippen molar-refractivity contribution in [2.75, 3.05) is 18.0 Å². The van der Waals surface area contributed by atoms with Crippen LogP contribution in [0.1, 0.15) is 13.8 Å². The van der Waals surface area contributed by atoms with Crippen LogP contribution in [0.4, 0.5) is 11.4 Å². The molecule has 0 amide bonds. The lowest BCUT2D eigenvalue weighted by Crippen LogP contribution is -2.23. The summed E-state index contributed by atoms with van der Waals surface area (Å²) >= 11 is 5.98. The lowest BCUT2D eigenvalue weighted by atomic mass is 10.2. The van der Waals surface area contributed by atoms with E-state index in [2.05, 4.69) is 0 Å². The number of nitro groups is 1. The molecule has 1 aromatic carbocycles. The van der Waals surface area contributed by atoms with Gasteiger partial charge in [0.1, 0.15) is 5.69 Å². The standard InChI is InChI=1S/C10H13ClN2O2/c1-3-12(4-2)10-8(11)6-5-7-9(10)13(14)15/h5-7H,3-4H2,1-2H3. The van der Waals surface area contributed by atoms with E-state index in [9.17, 15) is 10.1 Å². The molecule has 1 rings (SSSR count). The summed E-state index contributed by atoms with van der Waals surface area (Å²) in [7, 11) is 0. The summed E-state index contributed by atoms with van der Waals surface area (Å²) in [6, 6.07) is 4.73. The molecule has 0 atom stereocenters. The fourth-order valence-corrected chi connectivity index (χ4v) is 1.79. The second-order valence-electron chi connectivity index (χ2n) is 3.04. The van der Waals surface area contributed by atoms with Crippen molar-refractivity contribution >= 4 is 23.0 Å². The van der Waals surface area contributed by atoms with Crippen molar-refractivity contribution in [2.45, 2.75) is 13.8 Å². The molecule has 0 unspecified atom stereocenters. The van der Waals surface area contributed by atoms with Gasteiger partial charge in [0.25, 0.3) is 5.69 Å². The molecule has 0 fully saturated rings. The van der Waals surface area contributed by atoms with E-state index in [0.29, 0.717) is 23.8 Å². The van der Waals surface area contributed by atoms with Crippen molar-refractivity contribution in [3.05, 3.63) is 33.3 Å². The third kappa shape index (κ3) is 2.39. The zero-order valence-corrected chi connectivity index (χ0v) is 9.49. The molecule has 15 heavy (non-hydrogen) atoms. The minimum atomic E-state index is -0.403. The Hall–Kier alpha value is -1.29. The van der Waals surface area contributed by atoms with Crippen molar-refractivity contribution in [1.82, 2.24) is 0 Å². The Morgan fingerprint density at radius 3 is 2.47 bits per heavy atom. The number of hydrogen-bond acceptors (Lipinski definition) is 3. The first-order valence-corrected chi connectivity index (χ1v) is 5.17. The lowest BCUT2D eigenvalue weighted by molar-refractivity contribution is -0.384. The molecule has 0 heterocycles. The molecule has 0 spiro atoms. The average Bonchev–Trinajstić information content (AvgIpc) is 2.21. The summed E-state index contributed by atoms with van der Waals surface area (Å²) in [5, 5.41) is 11.3. The summed E-state index contributed by atoms with van der Waals surface area (Å²) in [4.78, 5) is 12.3. The van der Waals surface area contributed by atoms with E-state index in [1.807, 2.05) is 18.7 Å². The van der Waals surface area contributed by atoms with Crippen molar-refractivity contribution in [3.8, 4) is 0 Å². The summed E-state index contributed by atoms with van der Waals surface area (Å²) < 4.78 is 0. The number of para-hydroxylation sites is 1. The predicted octanol–water partition coefficient (Wildman–Crippen LogP) is 3.09. The molecule has 0 bridgehead atoms. The van der Waals surface area contributed by atoms with Crippen LogP contribution >= 0.6 is 11.6 Å². The highest BCUT2D eigenvalue weighted by Crippen LogP contribution is 2.34. The maximum atomic E-state index is 10.8. The van der Waals surface area contributed by atoms with Gasteiger partial charge in [0, 0.05) is 19.2 Å². The molecule has 0 radical (unpaired) electrons. The predicted molar refractivity (Wildman–Crippen MR) is 61.7 cm³/mol. The van der Waals surface area contributed by atoms with Crippen molar-refractivity contribution in [1.29, 1.82) is 0 Å². The largest absolute Gasteiger partial charge is 0.365 e. The molecule has 0 aliphatic rings. The van der Waals surface area contributed by atoms with Gasteiger partial charge in [-0.3, -0.25) is 10.1 Å². The number of nitro benzene ring substituents is 1. The van der Waals surface area contributed by atoms with E-state index in [4.69, 9.17) is 11.6 Å². The van der Waals surface area contributed by atoms with Crippen molar-refractivity contribution < 1.29 is 4.92 Å². The maximum absolute atomic E-state index is 10.8. The molecule has 82 valence electrons. The average molecular weight is 229 g/mol. The van der Waals surface area contributed by atoms with Gasteiger partial charge in [-0.1, -0.05) is 17.7 Å². The topological polar surface area (TPSA) is 46.4 Å². The Labute approximate surface area is 93.6 Å². The van der Waals surface area contributed by atoms with Crippen LogP contribution in [0.5, 0.6) is 0 Å². The third-order valence-corrected chi connectivity index (χ3v) is 2.55. The first-order chi connectivity index (χ1) is 7.11.